The summed E-state index contributed by atoms with van der Waals surface area (Å²) in [6, 6.07) is 15.5. The predicted molar refractivity (Wildman–Crippen MR) is 127 cm³/mol. The number of Topliss-reactive ketones (excluding diaryl/α,β-unsaturated/α-hetero) is 1. The van der Waals surface area contributed by atoms with Crippen molar-refractivity contribution >= 4 is 44.3 Å². The molecule has 5 aromatic rings. The van der Waals surface area contributed by atoms with Crippen LogP contribution in [0.15, 0.2) is 59.5 Å². The van der Waals surface area contributed by atoms with Gasteiger partial charge in [-0.2, -0.15) is 5.10 Å². The van der Waals surface area contributed by atoms with Gasteiger partial charge in [-0.25, -0.2) is 14.6 Å². The lowest BCUT2D eigenvalue weighted by Crippen LogP contribution is -2.11. The highest BCUT2D eigenvalue weighted by Gasteiger charge is 2.17. The van der Waals surface area contributed by atoms with Crippen LogP contribution in [0.5, 0.6) is 0 Å². The second kappa shape index (κ2) is 7.76. The van der Waals surface area contributed by atoms with Gasteiger partial charge in [-0.15, -0.1) is 0 Å². The van der Waals surface area contributed by atoms with E-state index in [-0.39, 0.29) is 5.78 Å². The fraction of sp³-hybridized carbons (Fsp3) is 0.130. The number of fused-ring (bicyclic) bond motifs is 1. The zero-order chi connectivity index (χ0) is 22.4. The van der Waals surface area contributed by atoms with E-state index in [1.165, 1.54) is 6.92 Å². The number of rotatable bonds is 5. The third-order valence-corrected chi connectivity index (χ3v) is 5.59. The van der Waals surface area contributed by atoms with Gasteiger partial charge >= 0.3 is 0 Å². The molecule has 0 fully saturated rings. The summed E-state index contributed by atoms with van der Waals surface area (Å²) in [5, 5.41) is 7.79. The van der Waals surface area contributed by atoms with Crippen LogP contribution in [0.2, 0.25) is 0 Å². The molecule has 160 valence electrons. The molecule has 0 aliphatic carbocycles. The van der Waals surface area contributed by atoms with Crippen molar-refractivity contribution in [1.29, 1.82) is 0 Å². The minimum absolute atomic E-state index is 0.0733. The quantitative estimate of drug-likeness (QED) is 0.328. The number of H-pyrrole nitrogens is 1. The number of imidazole rings is 1. The fourth-order valence-corrected chi connectivity index (χ4v) is 4.16. The van der Waals surface area contributed by atoms with Gasteiger partial charge in [-0.1, -0.05) is 0 Å². The smallest absolute Gasteiger partial charge is 0.166 e. The van der Waals surface area contributed by atoms with Crippen molar-refractivity contribution in [3.05, 3.63) is 76.4 Å². The number of benzene rings is 1. The van der Waals surface area contributed by atoms with E-state index in [4.69, 9.17) is 4.98 Å². The van der Waals surface area contributed by atoms with E-state index in [1.807, 2.05) is 60.9 Å². The maximum Gasteiger partial charge on any atom is 0.166 e. The Kier molecular flexibility index (Phi) is 4.90. The molecule has 0 amide bonds. The third-order valence-electron chi connectivity index (χ3n) is 5.20. The lowest BCUT2D eigenvalue weighted by Gasteiger charge is -2.11. The third kappa shape index (κ3) is 3.60. The van der Waals surface area contributed by atoms with Crippen LogP contribution in [0.4, 0.5) is 11.5 Å². The van der Waals surface area contributed by atoms with E-state index in [1.54, 1.807) is 17.1 Å². The summed E-state index contributed by atoms with van der Waals surface area (Å²) >= 11 is 3.40. The SMILES string of the molecule is CC(=O)c1ccc(-n2cnc3cc(Nc4ccc(C)[nH]4)ccc32)nc1-n1nc(Br)cc1C. The lowest BCUT2D eigenvalue weighted by atomic mass is 10.2. The number of pyridine rings is 1. The average molecular weight is 490 g/mol. The van der Waals surface area contributed by atoms with E-state index < -0.39 is 0 Å². The van der Waals surface area contributed by atoms with Crippen LogP contribution >= 0.6 is 15.9 Å². The molecule has 2 N–H and O–H groups in total. The largest absolute Gasteiger partial charge is 0.346 e. The zero-order valence-electron chi connectivity index (χ0n) is 17.7. The number of carbonyl (C=O) groups excluding carboxylic acids is 1. The Bertz CT molecular complexity index is 1480. The number of hydrogen-bond donors (Lipinski definition) is 2. The first-order valence-electron chi connectivity index (χ1n) is 10.0. The highest BCUT2D eigenvalue weighted by Crippen LogP contribution is 2.25. The number of ketones is 1. The highest BCUT2D eigenvalue weighted by molar-refractivity contribution is 9.10. The summed E-state index contributed by atoms with van der Waals surface area (Å²) in [6.45, 7) is 5.46. The first-order valence-corrected chi connectivity index (χ1v) is 10.8. The topological polar surface area (TPSA) is 93.4 Å². The maximum atomic E-state index is 12.2. The molecule has 4 aromatic heterocycles. The molecule has 0 radical (unpaired) electrons. The monoisotopic (exact) mass is 489 g/mol. The standard InChI is InChI=1S/C23H20BrN7O/c1-13-4-8-21(26-13)27-16-5-7-19-18(11-16)25-12-30(19)22-9-6-17(15(3)32)23(28-22)31-14(2)10-20(24)29-31/h4-12,26-27H,1-3H3. The molecule has 0 bridgehead atoms. The Morgan fingerprint density at radius 1 is 1.09 bits per heavy atom. The van der Waals surface area contributed by atoms with Crippen LogP contribution in [0.1, 0.15) is 28.7 Å². The number of carbonyl (C=O) groups is 1. The minimum Gasteiger partial charge on any atom is -0.346 e. The first-order chi connectivity index (χ1) is 15.4. The summed E-state index contributed by atoms with van der Waals surface area (Å²) in [7, 11) is 0. The molecule has 0 saturated heterocycles. The van der Waals surface area contributed by atoms with Gasteiger partial charge in [-0.05, 0) is 85.2 Å². The molecule has 0 aliphatic rings. The molecule has 0 spiro atoms. The van der Waals surface area contributed by atoms with Gasteiger partial charge in [0.05, 0.1) is 16.6 Å². The number of halogens is 1. The Hall–Kier alpha value is -3.72. The van der Waals surface area contributed by atoms with Gasteiger partial charge in [0.15, 0.2) is 11.6 Å². The van der Waals surface area contributed by atoms with Crippen LogP contribution in [-0.2, 0) is 0 Å². The van der Waals surface area contributed by atoms with Gasteiger partial charge in [0, 0.05) is 17.1 Å². The summed E-state index contributed by atoms with van der Waals surface area (Å²) in [5.74, 6) is 1.99. The van der Waals surface area contributed by atoms with Gasteiger partial charge in [-0.3, -0.25) is 9.36 Å². The first kappa shape index (κ1) is 20.2. The summed E-state index contributed by atoms with van der Waals surface area (Å²) < 4.78 is 4.25. The predicted octanol–water partition coefficient (Wildman–Crippen LogP) is 5.26. The molecule has 1 aromatic carbocycles. The van der Waals surface area contributed by atoms with E-state index >= 15 is 0 Å². The molecule has 4 heterocycles. The van der Waals surface area contributed by atoms with Crippen LogP contribution in [0, 0.1) is 13.8 Å². The Morgan fingerprint density at radius 2 is 1.94 bits per heavy atom. The van der Waals surface area contributed by atoms with Gasteiger partial charge in [0.25, 0.3) is 0 Å². The van der Waals surface area contributed by atoms with Crippen LogP contribution < -0.4 is 5.32 Å². The second-order valence-electron chi connectivity index (χ2n) is 7.62. The van der Waals surface area contributed by atoms with Crippen molar-refractivity contribution in [3.63, 3.8) is 0 Å². The number of nitrogens with zero attached hydrogens (tertiary/aromatic N) is 5. The molecular formula is C23H20BrN7O. The summed E-state index contributed by atoms with van der Waals surface area (Å²) in [5.41, 5.74) is 5.13. The number of aromatic nitrogens is 6. The van der Waals surface area contributed by atoms with Gasteiger partial charge < -0.3 is 10.3 Å². The maximum absolute atomic E-state index is 12.2. The molecule has 8 nitrogen and oxygen atoms in total. The summed E-state index contributed by atoms with van der Waals surface area (Å²) in [6.07, 6.45) is 1.73. The molecule has 9 heteroatoms. The number of aromatic amines is 1. The highest BCUT2D eigenvalue weighted by atomic mass is 79.9. The van der Waals surface area contributed by atoms with Crippen molar-refractivity contribution in [2.75, 3.05) is 5.32 Å². The molecule has 0 aliphatic heterocycles. The van der Waals surface area contributed by atoms with Crippen LogP contribution in [0.25, 0.3) is 22.7 Å². The number of nitrogens with one attached hydrogen (secondary N) is 2. The molecule has 5 rings (SSSR count). The minimum atomic E-state index is -0.0733. The van der Waals surface area contributed by atoms with E-state index in [9.17, 15) is 4.79 Å². The molecular weight excluding hydrogens is 470 g/mol. The Balaban J connectivity index is 1.57. The van der Waals surface area contributed by atoms with Crippen LogP contribution in [-0.4, -0.2) is 35.1 Å². The Labute approximate surface area is 192 Å². The van der Waals surface area contributed by atoms with Crippen LogP contribution in [0.3, 0.4) is 0 Å². The fourth-order valence-electron chi connectivity index (χ4n) is 3.67. The van der Waals surface area contributed by atoms with Gasteiger partial charge in [0.2, 0.25) is 0 Å². The number of hydrogen-bond acceptors (Lipinski definition) is 5. The Morgan fingerprint density at radius 3 is 2.62 bits per heavy atom. The van der Waals surface area contributed by atoms with E-state index in [0.717, 1.165) is 33.9 Å². The van der Waals surface area contributed by atoms with E-state index in [2.05, 4.69) is 36.3 Å². The molecule has 0 unspecified atom stereocenters. The summed E-state index contributed by atoms with van der Waals surface area (Å²) in [4.78, 5) is 24.8. The molecule has 32 heavy (non-hydrogen) atoms. The number of anilines is 2. The van der Waals surface area contributed by atoms with Crippen molar-refractivity contribution in [2.24, 2.45) is 0 Å². The van der Waals surface area contributed by atoms with Crippen molar-refractivity contribution < 1.29 is 4.79 Å². The van der Waals surface area contributed by atoms with Crippen molar-refractivity contribution in [2.45, 2.75) is 20.8 Å². The normalized spacial score (nSPS) is 11.2. The van der Waals surface area contributed by atoms with Crippen molar-refractivity contribution in [3.8, 4) is 11.6 Å². The van der Waals surface area contributed by atoms with E-state index in [0.29, 0.717) is 21.8 Å². The van der Waals surface area contributed by atoms with Crippen molar-refractivity contribution in [1.82, 2.24) is 29.3 Å². The van der Waals surface area contributed by atoms with Gasteiger partial charge in [0.1, 0.15) is 22.6 Å². The second-order valence-corrected chi connectivity index (χ2v) is 8.43. The average Bonchev–Trinajstić information content (AvgIpc) is 3.45. The molecule has 0 saturated carbocycles. The molecule has 0 atom stereocenters. The lowest BCUT2D eigenvalue weighted by molar-refractivity contribution is 0.101. The number of aryl methyl sites for hydroxylation is 2. The zero-order valence-corrected chi connectivity index (χ0v) is 19.3.